The lowest BCUT2D eigenvalue weighted by molar-refractivity contribution is 0.756. The van der Waals surface area contributed by atoms with Crippen LogP contribution in [-0.2, 0) is 11.8 Å². The van der Waals surface area contributed by atoms with Gasteiger partial charge < -0.3 is 4.90 Å². The predicted octanol–water partition coefficient (Wildman–Crippen LogP) is 11.0. The molecule has 9 rings (SSSR count). The van der Waals surface area contributed by atoms with E-state index in [1.54, 1.807) is 5.19 Å². The molecule has 2 heteroatoms. The van der Waals surface area contributed by atoms with Gasteiger partial charge in [-0.15, -0.1) is 0 Å². The van der Waals surface area contributed by atoms with Crippen molar-refractivity contribution >= 4 is 46.2 Å². The Morgan fingerprint density at radius 2 is 1.28 bits per heavy atom. The van der Waals surface area contributed by atoms with Crippen LogP contribution in [0.25, 0.3) is 32.7 Å². The first-order chi connectivity index (χ1) is 22.9. The average molecular weight is 622 g/mol. The Hall–Kier alpha value is -4.92. The van der Waals surface area contributed by atoms with E-state index in [0.717, 1.165) is 13.0 Å². The van der Waals surface area contributed by atoms with E-state index in [1.807, 2.05) is 0 Å². The van der Waals surface area contributed by atoms with Crippen LogP contribution in [0.4, 0.5) is 11.4 Å². The molecule has 0 aromatic heterocycles. The Balaban J connectivity index is 1.35. The second-order valence-electron chi connectivity index (χ2n) is 14.4. The van der Waals surface area contributed by atoms with Crippen molar-refractivity contribution in [3.8, 4) is 11.1 Å². The van der Waals surface area contributed by atoms with Gasteiger partial charge in [0.1, 0.15) is 0 Å². The van der Waals surface area contributed by atoms with E-state index >= 15 is 0 Å². The highest BCUT2D eigenvalue weighted by Crippen LogP contribution is 2.59. The lowest BCUT2D eigenvalue weighted by atomic mass is 9.67. The molecule has 0 bridgehead atoms. The monoisotopic (exact) mass is 621 g/mol. The van der Waals surface area contributed by atoms with Gasteiger partial charge in [-0.1, -0.05) is 152 Å². The summed E-state index contributed by atoms with van der Waals surface area (Å²) >= 11 is 0. The molecule has 0 amide bonds. The van der Waals surface area contributed by atoms with Crippen molar-refractivity contribution in [1.82, 2.24) is 0 Å². The lowest BCUT2D eigenvalue weighted by Crippen LogP contribution is -2.38. The van der Waals surface area contributed by atoms with Gasteiger partial charge in [0, 0.05) is 17.9 Å². The van der Waals surface area contributed by atoms with Crippen LogP contribution in [0.3, 0.4) is 0 Å². The topological polar surface area (TPSA) is 3.24 Å². The van der Waals surface area contributed by atoms with Gasteiger partial charge in [0.05, 0.1) is 13.5 Å². The third-order valence-electron chi connectivity index (χ3n) is 10.8. The van der Waals surface area contributed by atoms with Crippen molar-refractivity contribution < 1.29 is 0 Å². The minimum Gasteiger partial charge on any atom is -0.341 e. The van der Waals surface area contributed by atoms with Crippen LogP contribution < -0.4 is 10.1 Å². The SMILES string of the molecule is C[Si](C)(C)c1ccc2c(c1)CCCN2c1ccc2c(c1)C(c1ccccc1)(c1ccccc1)c1ccc3c(ccc4ccccc43)c1-2. The predicted molar refractivity (Wildman–Crippen MR) is 204 cm³/mol. The van der Waals surface area contributed by atoms with Crippen LogP contribution in [0, 0.1) is 0 Å². The third kappa shape index (κ3) is 4.21. The van der Waals surface area contributed by atoms with Gasteiger partial charge in [-0.25, -0.2) is 0 Å². The molecule has 1 aliphatic heterocycles. The summed E-state index contributed by atoms with van der Waals surface area (Å²) in [7, 11) is -1.40. The number of benzene rings is 7. The van der Waals surface area contributed by atoms with E-state index in [0.29, 0.717) is 0 Å². The number of fused-ring (bicyclic) bond motifs is 8. The molecule has 1 heterocycles. The van der Waals surface area contributed by atoms with Gasteiger partial charge in [0.2, 0.25) is 0 Å². The highest BCUT2D eigenvalue weighted by atomic mass is 28.3. The fourth-order valence-electron chi connectivity index (χ4n) is 8.56. The van der Waals surface area contributed by atoms with E-state index in [-0.39, 0.29) is 0 Å². The van der Waals surface area contributed by atoms with Crippen molar-refractivity contribution in [3.05, 3.63) is 173 Å². The van der Waals surface area contributed by atoms with Crippen LogP contribution in [0.2, 0.25) is 19.6 Å². The molecule has 0 spiro atoms. The molecule has 0 saturated heterocycles. The summed E-state index contributed by atoms with van der Waals surface area (Å²) in [6, 6.07) is 55.3. The van der Waals surface area contributed by atoms with Crippen molar-refractivity contribution in [1.29, 1.82) is 0 Å². The van der Waals surface area contributed by atoms with Gasteiger partial charge in [0.15, 0.2) is 0 Å². The summed E-state index contributed by atoms with van der Waals surface area (Å²) in [5.74, 6) is 0. The summed E-state index contributed by atoms with van der Waals surface area (Å²) < 4.78 is 0. The number of nitrogens with zero attached hydrogens (tertiary/aromatic N) is 1. The number of anilines is 2. The summed E-state index contributed by atoms with van der Waals surface area (Å²) in [6.07, 6.45) is 2.32. The molecule has 0 atom stereocenters. The molecule has 228 valence electrons. The zero-order valence-corrected chi connectivity index (χ0v) is 28.4. The zero-order chi connectivity index (χ0) is 31.8. The number of hydrogen-bond donors (Lipinski definition) is 0. The Morgan fingerprint density at radius 1 is 0.574 bits per heavy atom. The summed E-state index contributed by atoms with van der Waals surface area (Å²) in [4.78, 5) is 2.59. The van der Waals surface area contributed by atoms with Gasteiger partial charge >= 0.3 is 0 Å². The van der Waals surface area contributed by atoms with Gasteiger partial charge in [0.25, 0.3) is 0 Å². The van der Waals surface area contributed by atoms with E-state index in [2.05, 4.69) is 170 Å². The Kier molecular flexibility index (Phi) is 6.36. The second kappa shape index (κ2) is 10.6. The van der Waals surface area contributed by atoms with E-state index in [4.69, 9.17) is 0 Å². The van der Waals surface area contributed by atoms with Crippen molar-refractivity contribution in [2.75, 3.05) is 11.4 Å². The number of aryl methyl sites for hydroxylation is 1. The van der Waals surface area contributed by atoms with E-state index < -0.39 is 13.5 Å². The van der Waals surface area contributed by atoms with Crippen molar-refractivity contribution in [3.63, 3.8) is 0 Å². The molecule has 1 aliphatic carbocycles. The van der Waals surface area contributed by atoms with Gasteiger partial charge in [-0.3, -0.25) is 0 Å². The summed E-state index contributed by atoms with van der Waals surface area (Å²) in [5.41, 5.74) is 11.8. The molecule has 0 radical (unpaired) electrons. The molecule has 7 aromatic rings. The second-order valence-corrected chi connectivity index (χ2v) is 19.5. The third-order valence-corrected chi connectivity index (χ3v) is 12.8. The minimum absolute atomic E-state index is 0.441. The van der Waals surface area contributed by atoms with Crippen LogP contribution in [0.1, 0.15) is 34.2 Å². The van der Waals surface area contributed by atoms with Gasteiger partial charge in [-0.2, -0.15) is 0 Å². The Bertz CT molecular complexity index is 2270. The fourth-order valence-corrected chi connectivity index (χ4v) is 9.75. The first-order valence-electron chi connectivity index (χ1n) is 17.1. The summed E-state index contributed by atoms with van der Waals surface area (Å²) in [6.45, 7) is 8.38. The standard InChI is InChI=1S/C45H39NSi/c1-47(2,3)36-22-27-43-32(29-36)14-12-28-46(43)35-21-24-40-42(30-35)45(33-15-6-4-7-16-33,34-17-8-5-9-18-34)41-26-25-38-37-19-11-10-13-31(37)20-23-39(38)44(40)41/h4-11,13,15-27,29-30H,12,14,28H2,1-3H3. The number of hydrogen-bond acceptors (Lipinski definition) is 1. The van der Waals surface area contributed by atoms with Crippen molar-refractivity contribution in [2.24, 2.45) is 0 Å². The highest BCUT2D eigenvalue weighted by molar-refractivity contribution is 6.88. The Labute approximate surface area is 279 Å². The molecular formula is C45H39NSi. The van der Waals surface area contributed by atoms with Crippen LogP contribution in [0.15, 0.2) is 146 Å². The summed E-state index contributed by atoms with van der Waals surface area (Å²) in [5, 5.41) is 6.79. The van der Waals surface area contributed by atoms with Crippen molar-refractivity contribution in [2.45, 2.75) is 37.9 Å². The normalized spacial score (nSPS) is 15.0. The lowest BCUT2D eigenvalue weighted by Gasteiger charge is -2.36. The largest absolute Gasteiger partial charge is 0.341 e. The first kappa shape index (κ1) is 28.3. The first-order valence-corrected chi connectivity index (χ1v) is 20.6. The smallest absolute Gasteiger partial charge is 0.0776 e. The van der Waals surface area contributed by atoms with Gasteiger partial charge in [-0.05, 0) is 91.5 Å². The fraction of sp³-hybridized carbons (Fsp3) is 0.156. The molecular weight excluding hydrogens is 583 g/mol. The molecule has 47 heavy (non-hydrogen) atoms. The van der Waals surface area contributed by atoms with Crippen LogP contribution in [-0.4, -0.2) is 14.6 Å². The van der Waals surface area contributed by atoms with Crippen LogP contribution in [0.5, 0.6) is 0 Å². The van der Waals surface area contributed by atoms with E-state index in [9.17, 15) is 0 Å². The molecule has 2 aliphatic rings. The molecule has 0 fully saturated rings. The maximum absolute atomic E-state index is 2.59. The average Bonchev–Trinajstić information content (AvgIpc) is 3.42. The molecule has 1 nitrogen and oxygen atoms in total. The van der Waals surface area contributed by atoms with E-state index in [1.165, 1.54) is 78.3 Å². The number of rotatable bonds is 4. The maximum Gasteiger partial charge on any atom is 0.0776 e. The minimum atomic E-state index is -1.40. The highest BCUT2D eigenvalue weighted by Gasteiger charge is 2.47. The molecule has 0 unspecified atom stereocenters. The van der Waals surface area contributed by atoms with Crippen LogP contribution >= 0.6 is 0 Å². The zero-order valence-electron chi connectivity index (χ0n) is 27.4. The quantitative estimate of drug-likeness (QED) is 0.140. The molecule has 7 aromatic carbocycles. The molecule has 0 N–H and O–H groups in total. The Morgan fingerprint density at radius 3 is 2.02 bits per heavy atom. The molecule has 0 saturated carbocycles. The maximum atomic E-state index is 2.59.